The first-order chi connectivity index (χ1) is 9.84. The molecule has 5 rings (SSSR count). The van der Waals surface area contributed by atoms with E-state index in [4.69, 9.17) is 0 Å². The lowest BCUT2D eigenvalue weighted by molar-refractivity contribution is -0.648. The summed E-state index contributed by atoms with van der Waals surface area (Å²) in [4.78, 5) is 4.52. The molecule has 0 saturated heterocycles. The Morgan fingerprint density at radius 2 is 2.15 bits per heavy atom. The van der Waals surface area contributed by atoms with Crippen LogP contribution in [0.4, 0.5) is 0 Å². The Morgan fingerprint density at radius 1 is 1.20 bits per heavy atom. The van der Waals surface area contributed by atoms with E-state index in [2.05, 4.69) is 62.1 Å². The van der Waals surface area contributed by atoms with Crippen LogP contribution < -0.4 is 4.57 Å². The van der Waals surface area contributed by atoms with Crippen molar-refractivity contribution in [3.8, 4) is 11.4 Å². The van der Waals surface area contributed by atoms with Crippen molar-refractivity contribution in [2.75, 3.05) is 0 Å². The monoisotopic (exact) mass is 261 g/mol. The van der Waals surface area contributed by atoms with Crippen LogP contribution in [0.25, 0.3) is 28.1 Å². The molecule has 0 N–H and O–H groups in total. The lowest BCUT2D eigenvalue weighted by Gasteiger charge is -1.95. The van der Waals surface area contributed by atoms with Gasteiger partial charge in [0.25, 0.3) is 5.65 Å². The van der Waals surface area contributed by atoms with Crippen molar-refractivity contribution >= 4 is 16.7 Å². The zero-order valence-electron chi connectivity index (χ0n) is 11.1. The Kier molecular flexibility index (Phi) is 1.67. The first-order valence-corrected chi connectivity index (χ1v) is 6.77. The van der Waals surface area contributed by atoms with Crippen LogP contribution >= 0.6 is 0 Å². The van der Waals surface area contributed by atoms with E-state index in [0.29, 0.717) is 0 Å². The van der Waals surface area contributed by atoms with Crippen LogP contribution in [0.1, 0.15) is 5.69 Å². The van der Waals surface area contributed by atoms with Gasteiger partial charge < -0.3 is 0 Å². The smallest absolute Gasteiger partial charge is 0.257 e. The molecule has 4 nitrogen and oxygen atoms in total. The van der Waals surface area contributed by atoms with Crippen molar-refractivity contribution < 1.29 is 4.57 Å². The van der Waals surface area contributed by atoms with E-state index in [1.54, 1.807) is 0 Å². The molecule has 0 aliphatic carbocycles. The molecule has 4 aromatic rings. The van der Waals surface area contributed by atoms with E-state index in [9.17, 15) is 0 Å². The fraction of sp³-hybridized carbons (Fsp3) is 0.125. The maximum absolute atomic E-state index is 4.52. The van der Waals surface area contributed by atoms with Crippen LogP contribution in [0.5, 0.6) is 0 Å². The van der Waals surface area contributed by atoms with Crippen LogP contribution in [0.3, 0.4) is 0 Å². The topological polar surface area (TPSA) is 26.1 Å². The summed E-state index contributed by atoms with van der Waals surface area (Å²) < 4.78 is 6.89. The van der Waals surface area contributed by atoms with Gasteiger partial charge in [-0.2, -0.15) is 0 Å². The van der Waals surface area contributed by atoms with Crippen molar-refractivity contribution in [2.45, 2.75) is 6.54 Å². The zero-order valence-corrected chi connectivity index (χ0v) is 11.1. The van der Waals surface area contributed by atoms with Crippen molar-refractivity contribution in [3.05, 3.63) is 54.5 Å². The first kappa shape index (κ1) is 10.2. The molecule has 0 spiro atoms. The minimum absolute atomic E-state index is 0.851. The molecule has 4 heteroatoms. The van der Waals surface area contributed by atoms with Crippen LogP contribution in [0, 0.1) is 0 Å². The molecule has 0 atom stereocenters. The van der Waals surface area contributed by atoms with Gasteiger partial charge in [-0.3, -0.25) is 9.55 Å². The molecule has 0 fully saturated rings. The summed E-state index contributed by atoms with van der Waals surface area (Å²) in [6.45, 7) is 0.851. The van der Waals surface area contributed by atoms with Gasteiger partial charge in [-0.1, -0.05) is 6.07 Å². The number of rotatable bonds is 0. The number of hydrogen-bond donors (Lipinski definition) is 0. The van der Waals surface area contributed by atoms with Gasteiger partial charge in [-0.15, -0.1) is 0 Å². The van der Waals surface area contributed by atoms with Crippen molar-refractivity contribution in [3.63, 3.8) is 0 Å². The fourth-order valence-electron chi connectivity index (χ4n) is 3.40. The fourth-order valence-corrected chi connectivity index (χ4v) is 3.40. The van der Waals surface area contributed by atoms with Gasteiger partial charge in [0, 0.05) is 12.3 Å². The number of imidazole rings is 1. The van der Waals surface area contributed by atoms with Crippen LogP contribution in [-0.4, -0.2) is 14.0 Å². The van der Waals surface area contributed by atoms with Gasteiger partial charge >= 0.3 is 0 Å². The zero-order chi connectivity index (χ0) is 13.3. The minimum Gasteiger partial charge on any atom is -0.257 e. The molecule has 0 radical (unpaired) electrons. The molecule has 0 aromatic carbocycles. The van der Waals surface area contributed by atoms with Gasteiger partial charge in [0.2, 0.25) is 5.82 Å². The summed E-state index contributed by atoms with van der Waals surface area (Å²) in [5.41, 5.74) is 6.14. The summed E-state index contributed by atoms with van der Waals surface area (Å²) in [6, 6.07) is 12.7. The Balaban J connectivity index is 1.99. The first-order valence-electron chi connectivity index (χ1n) is 6.77. The van der Waals surface area contributed by atoms with E-state index >= 15 is 0 Å². The van der Waals surface area contributed by atoms with Crippen LogP contribution in [0.2, 0.25) is 0 Å². The van der Waals surface area contributed by atoms with E-state index in [1.807, 2.05) is 12.3 Å². The van der Waals surface area contributed by atoms with Gasteiger partial charge in [-0.05, 0) is 24.3 Å². The highest BCUT2D eigenvalue weighted by Gasteiger charge is 2.33. The lowest BCUT2D eigenvalue weighted by atomic mass is 10.2. The molecule has 5 heterocycles. The van der Waals surface area contributed by atoms with Gasteiger partial charge in [0.1, 0.15) is 12.1 Å². The second kappa shape index (κ2) is 3.28. The van der Waals surface area contributed by atoms with Crippen LogP contribution in [0.15, 0.2) is 48.8 Å². The van der Waals surface area contributed by atoms with E-state index in [0.717, 1.165) is 12.2 Å². The molecular formula is C16H13N4+. The lowest BCUT2D eigenvalue weighted by Crippen LogP contribution is -2.32. The standard InChI is InChI=1S/C16H13N4/c1-18-14-9-11-5-2-3-8-19(11)16(14)20-10-13-12(15(18)20)6-4-7-17-13/h2-9H,10H2,1H3/q+1. The number of hydrogen-bond acceptors (Lipinski definition) is 1. The molecule has 0 amide bonds. The number of aromatic nitrogens is 4. The average molecular weight is 261 g/mol. The normalized spacial score (nSPS) is 13.1. The summed E-state index contributed by atoms with van der Waals surface area (Å²) in [7, 11) is 2.13. The third kappa shape index (κ3) is 1.04. The summed E-state index contributed by atoms with van der Waals surface area (Å²) in [5.74, 6) is 1.25. The number of pyridine rings is 2. The Morgan fingerprint density at radius 3 is 3.10 bits per heavy atom. The predicted molar refractivity (Wildman–Crippen MR) is 76.4 cm³/mol. The molecule has 0 saturated carbocycles. The molecular weight excluding hydrogens is 248 g/mol. The summed E-state index contributed by atoms with van der Waals surface area (Å²) in [5, 5.41) is 0. The van der Waals surface area contributed by atoms with Gasteiger partial charge in [-0.25, -0.2) is 8.97 Å². The van der Waals surface area contributed by atoms with E-state index in [-0.39, 0.29) is 0 Å². The number of nitrogens with zero attached hydrogens (tertiary/aromatic N) is 4. The summed E-state index contributed by atoms with van der Waals surface area (Å²) in [6.07, 6.45) is 4.00. The Hall–Kier alpha value is -2.62. The minimum atomic E-state index is 0.851. The highest BCUT2D eigenvalue weighted by Crippen LogP contribution is 2.30. The molecule has 1 aliphatic rings. The van der Waals surface area contributed by atoms with Crippen molar-refractivity contribution in [1.29, 1.82) is 0 Å². The molecule has 96 valence electrons. The molecule has 20 heavy (non-hydrogen) atoms. The second-order valence-corrected chi connectivity index (χ2v) is 5.32. The Labute approximate surface area is 115 Å². The summed E-state index contributed by atoms with van der Waals surface area (Å²) >= 11 is 0. The highest BCUT2D eigenvalue weighted by atomic mass is 15.2. The van der Waals surface area contributed by atoms with Gasteiger partial charge in [0.05, 0.1) is 24.5 Å². The number of aryl methyl sites for hydroxylation is 1. The van der Waals surface area contributed by atoms with Crippen LogP contribution in [-0.2, 0) is 13.6 Å². The molecule has 1 aliphatic heterocycles. The van der Waals surface area contributed by atoms with E-state index < -0.39 is 0 Å². The Bertz CT molecular complexity index is 990. The largest absolute Gasteiger partial charge is 0.273 e. The highest BCUT2D eigenvalue weighted by molar-refractivity contribution is 5.82. The third-order valence-corrected chi connectivity index (χ3v) is 4.26. The molecule has 0 unspecified atom stereocenters. The molecule has 0 bridgehead atoms. The average Bonchev–Trinajstić information content (AvgIpc) is 3.10. The second-order valence-electron chi connectivity index (χ2n) is 5.32. The van der Waals surface area contributed by atoms with Crippen molar-refractivity contribution in [2.24, 2.45) is 7.05 Å². The van der Waals surface area contributed by atoms with Gasteiger partial charge in [0.15, 0.2) is 5.52 Å². The third-order valence-electron chi connectivity index (χ3n) is 4.26. The maximum atomic E-state index is 4.52. The predicted octanol–water partition coefficient (Wildman–Crippen LogP) is 2.14. The molecule has 4 aromatic heterocycles. The maximum Gasteiger partial charge on any atom is 0.273 e. The quantitative estimate of drug-likeness (QED) is 0.392. The van der Waals surface area contributed by atoms with Crippen molar-refractivity contribution in [1.82, 2.24) is 14.0 Å². The SMILES string of the molecule is Cn1c2[n+](c3c1cc1ccccn13)Cc1ncccc1-2. The number of fused-ring (bicyclic) bond motifs is 7. The van der Waals surface area contributed by atoms with E-state index in [1.165, 1.54) is 28.1 Å².